The van der Waals surface area contributed by atoms with Crippen LogP contribution in [0.15, 0.2) is 0 Å². The zero-order valence-electron chi connectivity index (χ0n) is 15.5. The molecule has 0 spiro atoms. The molecule has 1 heterocycles. The molecule has 0 radical (unpaired) electrons. The predicted octanol–water partition coefficient (Wildman–Crippen LogP) is 0.253. The van der Waals surface area contributed by atoms with E-state index in [0.29, 0.717) is 12.0 Å². The fourth-order valence-corrected chi connectivity index (χ4v) is 9.09. The smallest absolute Gasteiger partial charge is 0.165 e. The summed E-state index contributed by atoms with van der Waals surface area (Å²) in [6, 6.07) is 0. The second kappa shape index (κ2) is 12.8. The molecule has 1 aliphatic heterocycles. The fraction of sp³-hybridized carbons (Fsp3) is 1.00. The molecule has 23 heavy (non-hydrogen) atoms. The van der Waals surface area contributed by atoms with E-state index in [-0.39, 0.29) is 4.28 Å². The van der Waals surface area contributed by atoms with Gasteiger partial charge in [0.15, 0.2) is 29.3 Å². The Morgan fingerprint density at radius 1 is 0.957 bits per heavy atom. The van der Waals surface area contributed by atoms with Crippen LogP contribution in [-0.2, 0) is 22.8 Å². The van der Waals surface area contributed by atoms with E-state index in [1.807, 2.05) is 0 Å². The molecule has 138 valence electrons. The van der Waals surface area contributed by atoms with Gasteiger partial charge in [-0.15, -0.1) is 0 Å². The highest BCUT2D eigenvalue weighted by Gasteiger charge is 2.35. The van der Waals surface area contributed by atoms with Crippen molar-refractivity contribution in [2.75, 3.05) is 39.6 Å². The Morgan fingerprint density at radius 3 is 1.91 bits per heavy atom. The molecular weight excluding hydrogens is 344 g/mol. The topological polar surface area (TPSA) is 46.2 Å². The number of ether oxygens (including phenoxy) is 2. The van der Waals surface area contributed by atoms with Gasteiger partial charge >= 0.3 is 0 Å². The minimum atomic E-state index is -0.613. The Morgan fingerprint density at radius 2 is 1.52 bits per heavy atom. The average Bonchev–Trinajstić information content (AvgIpc) is 2.55. The van der Waals surface area contributed by atoms with Crippen LogP contribution in [0.25, 0.3) is 0 Å². The van der Waals surface area contributed by atoms with Gasteiger partial charge in [-0.2, -0.15) is 0 Å². The second-order valence-electron chi connectivity index (χ2n) is 6.28. The van der Waals surface area contributed by atoms with Gasteiger partial charge in [0.2, 0.25) is 0 Å². The Bertz CT molecular complexity index is 273. The van der Waals surface area contributed by atoms with Crippen molar-refractivity contribution in [3.05, 3.63) is 0 Å². The van der Waals surface area contributed by atoms with E-state index in [4.69, 9.17) is 22.8 Å². The van der Waals surface area contributed by atoms with Crippen LogP contribution >= 0.6 is 0 Å². The maximum absolute atomic E-state index is 5.94. The highest BCUT2D eigenvalue weighted by atomic mass is 28.4. The first kappa shape index (κ1) is 21.5. The van der Waals surface area contributed by atoms with Gasteiger partial charge in [-0.05, 0) is 33.6 Å². The van der Waals surface area contributed by atoms with E-state index >= 15 is 0 Å². The summed E-state index contributed by atoms with van der Waals surface area (Å²) in [5.74, 6) is 0.688. The third-order valence-corrected chi connectivity index (χ3v) is 12.9. The largest absolute Gasteiger partial charge is 0.424 e. The van der Waals surface area contributed by atoms with E-state index < -0.39 is 29.3 Å². The van der Waals surface area contributed by atoms with Crippen LogP contribution in [0.2, 0.25) is 4.28 Å². The number of hydrogen-bond donors (Lipinski definition) is 0. The first-order chi connectivity index (χ1) is 11.2. The van der Waals surface area contributed by atoms with Gasteiger partial charge in [-0.1, -0.05) is 6.92 Å². The molecule has 0 aliphatic carbocycles. The van der Waals surface area contributed by atoms with Crippen molar-refractivity contribution >= 4 is 29.3 Å². The van der Waals surface area contributed by atoms with Crippen LogP contribution in [0.4, 0.5) is 0 Å². The van der Waals surface area contributed by atoms with Crippen LogP contribution in [0.1, 0.15) is 40.5 Å². The quantitative estimate of drug-likeness (QED) is 0.301. The van der Waals surface area contributed by atoms with E-state index in [0.717, 1.165) is 46.1 Å². The second-order valence-corrected chi connectivity index (χ2v) is 15.9. The molecule has 1 saturated heterocycles. The van der Waals surface area contributed by atoms with Crippen molar-refractivity contribution in [2.45, 2.75) is 50.9 Å². The lowest BCUT2D eigenvalue weighted by Gasteiger charge is -2.36. The lowest BCUT2D eigenvalue weighted by molar-refractivity contribution is -0.147. The Hall–Kier alpha value is 0.451. The lowest BCUT2D eigenvalue weighted by Crippen LogP contribution is -2.43. The zero-order chi connectivity index (χ0) is 17.0. The molecular formula is C15H36O5Si3. The van der Waals surface area contributed by atoms with Gasteiger partial charge in [-0.3, -0.25) is 0 Å². The third-order valence-electron chi connectivity index (χ3n) is 4.47. The maximum Gasteiger partial charge on any atom is 0.165 e. The van der Waals surface area contributed by atoms with Crippen molar-refractivity contribution in [3.63, 3.8) is 0 Å². The van der Waals surface area contributed by atoms with E-state index in [9.17, 15) is 0 Å². The molecule has 5 nitrogen and oxygen atoms in total. The minimum absolute atomic E-state index is 0.284. The summed E-state index contributed by atoms with van der Waals surface area (Å²) < 4.78 is 29.5. The van der Waals surface area contributed by atoms with Gasteiger partial charge in [-0.25, -0.2) is 0 Å². The van der Waals surface area contributed by atoms with Gasteiger partial charge in [0, 0.05) is 36.6 Å². The highest BCUT2D eigenvalue weighted by molar-refractivity contribution is 6.74. The molecule has 0 bridgehead atoms. The fourth-order valence-electron chi connectivity index (χ4n) is 2.72. The summed E-state index contributed by atoms with van der Waals surface area (Å²) in [7, 11) is -1.84. The first-order valence-corrected chi connectivity index (χ1v) is 13.0. The van der Waals surface area contributed by atoms with Crippen molar-refractivity contribution < 1.29 is 22.8 Å². The monoisotopic (exact) mass is 380 g/mol. The number of hydrogen-bond acceptors (Lipinski definition) is 5. The molecule has 1 aliphatic rings. The van der Waals surface area contributed by atoms with Crippen LogP contribution in [-0.4, -0.2) is 75.0 Å². The number of rotatable bonds is 15. The molecule has 2 unspecified atom stereocenters. The van der Waals surface area contributed by atoms with Gasteiger partial charge in [0.1, 0.15) is 0 Å². The van der Waals surface area contributed by atoms with Gasteiger partial charge < -0.3 is 22.8 Å². The van der Waals surface area contributed by atoms with Crippen molar-refractivity contribution in [2.24, 2.45) is 5.92 Å². The van der Waals surface area contributed by atoms with E-state index in [1.54, 1.807) is 0 Å². The van der Waals surface area contributed by atoms with Crippen LogP contribution < -0.4 is 0 Å². The molecule has 0 aromatic heterocycles. The Labute approximate surface area is 149 Å². The zero-order valence-corrected chi connectivity index (χ0v) is 19.7. The summed E-state index contributed by atoms with van der Waals surface area (Å²) >= 11 is 0. The van der Waals surface area contributed by atoms with Crippen molar-refractivity contribution in [3.8, 4) is 0 Å². The molecule has 0 saturated carbocycles. The minimum Gasteiger partial charge on any atom is -0.424 e. The van der Waals surface area contributed by atoms with Crippen LogP contribution in [0.3, 0.4) is 0 Å². The van der Waals surface area contributed by atoms with E-state index in [1.165, 1.54) is 6.42 Å². The highest BCUT2D eigenvalue weighted by Crippen LogP contribution is 2.29. The van der Waals surface area contributed by atoms with Gasteiger partial charge in [0.05, 0.1) is 19.3 Å². The van der Waals surface area contributed by atoms with Crippen LogP contribution in [0, 0.1) is 5.92 Å². The maximum atomic E-state index is 5.94. The Balaban J connectivity index is 2.41. The SMILES string of the molecule is CCO[SiH2]C(CCOCC1OCC1CC)([SiH2]OCC)[SiH2]OCC. The molecule has 1 fully saturated rings. The third kappa shape index (κ3) is 7.91. The van der Waals surface area contributed by atoms with Crippen LogP contribution in [0.5, 0.6) is 0 Å². The van der Waals surface area contributed by atoms with Gasteiger partial charge in [0.25, 0.3) is 0 Å². The molecule has 8 heteroatoms. The Kier molecular flexibility index (Phi) is 11.9. The standard InChI is InChI=1S/C15H36O5Si3/c1-5-13-11-17-14(13)12-16-10-9-15(21-18-6-2,22-19-7-3)23-20-8-4/h13-14H,5-12,21-23H2,1-4H3. The summed E-state index contributed by atoms with van der Waals surface area (Å²) in [5.41, 5.74) is 0. The summed E-state index contributed by atoms with van der Waals surface area (Å²) in [5, 5.41) is 0. The molecule has 0 aromatic carbocycles. The molecule has 1 rings (SSSR count). The molecule has 0 amide bonds. The summed E-state index contributed by atoms with van der Waals surface area (Å²) in [4.78, 5) is 0. The normalized spacial score (nSPS) is 25.0. The predicted molar refractivity (Wildman–Crippen MR) is 102 cm³/mol. The van der Waals surface area contributed by atoms with Crippen molar-refractivity contribution in [1.29, 1.82) is 0 Å². The average molecular weight is 381 g/mol. The van der Waals surface area contributed by atoms with Crippen molar-refractivity contribution in [1.82, 2.24) is 0 Å². The first-order valence-electron chi connectivity index (χ1n) is 9.13. The lowest BCUT2D eigenvalue weighted by atomic mass is 9.96. The molecule has 0 aromatic rings. The summed E-state index contributed by atoms with van der Waals surface area (Å²) in [6.07, 6.45) is 2.55. The van der Waals surface area contributed by atoms with E-state index in [2.05, 4.69) is 27.7 Å². The molecule has 0 N–H and O–H groups in total. The molecule has 2 atom stereocenters. The summed E-state index contributed by atoms with van der Waals surface area (Å²) in [6.45, 7) is 13.3.